The molecule has 0 radical (unpaired) electrons. The Kier molecular flexibility index (Phi) is 4.16. The fraction of sp³-hybridized carbons (Fsp3) is 0.200. The van der Waals surface area contributed by atoms with E-state index >= 15 is 0 Å². The van der Waals surface area contributed by atoms with E-state index in [9.17, 15) is 5.11 Å². The Morgan fingerprint density at radius 1 is 0.704 bits per heavy atom. The van der Waals surface area contributed by atoms with Gasteiger partial charge in [-0.2, -0.15) is 0 Å². The van der Waals surface area contributed by atoms with E-state index < -0.39 is 0 Å². The summed E-state index contributed by atoms with van der Waals surface area (Å²) in [4.78, 5) is 2.44. The summed E-state index contributed by atoms with van der Waals surface area (Å²) in [5.41, 5.74) is 2.64. The third-order valence-corrected chi connectivity index (χ3v) is 5.80. The molecule has 1 N–H and O–H groups in total. The fourth-order valence-corrected chi connectivity index (χ4v) is 4.54. The zero-order valence-electron chi connectivity index (χ0n) is 15.3. The number of hydrogen-bond acceptors (Lipinski definition) is 2. The Bertz CT molecular complexity index is 1010. The summed E-state index contributed by atoms with van der Waals surface area (Å²) in [5.74, 6) is 0. The van der Waals surface area contributed by atoms with E-state index in [4.69, 9.17) is 0 Å². The molecule has 2 nitrogen and oxygen atoms in total. The van der Waals surface area contributed by atoms with Crippen molar-refractivity contribution in [3.8, 4) is 0 Å². The van der Waals surface area contributed by atoms with E-state index in [1.807, 2.05) is 0 Å². The van der Waals surface area contributed by atoms with Gasteiger partial charge in [0.05, 0.1) is 12.1 Å². The minimum atomic E-state index is -0.238. The first-order valence-electron chi connectivity index (χ1n) is 9.69. The minimum absolute atomic E-state index is 0.138. The van der Waals surface area contributed by atoms with Crippen molar-refractivity contribution < 1.29 is 5.11 Å². The highest BCUT2D eigenvalue weighted by Gasteiger charge is 2.31. The molecular formula is C25H23NO. The molecule has 1 heterocycles. The lowest BCUT2D eigenvalue weighted by Gasteiger charge is -2.30. The molecule has 0 aromatic heterocycles. The predicted molar refractivity (Wildman–Crippen MR) is 112 cm³/mol. The van der Waals surface area contributed by atoms with Gasteiger partial charge in [0.25, 0.3) is 0 Å². The lowest BCUT2D eigenvalue weighted by molar-refractivity contribution is 0.167. The standard InChI is InChI=1S/C25H23NO/c27-20-15-16-26(17-20)25(23-13-5-9-18-7-1-3-11-21(18)23)24-14-6-10-19-8-2-4-12-22(19)24/h1-14,20,25,27H,15-17H2. The molecule has 0 bridgehead atoms. The van der Waals surface area contributed by atoms with Gasteiger partial charge in [-0.25, -0.2) is 0 Å². The van der Waals surface area contributed by atoms with E-state index in [0.29, 0.717) is 0 Å². The van der Waals surface area contributed by atoms with Gasteiger partial charge in [0.15, 0.2) is 0 Å². The number of nitrogens with zero attached hydrogens (tertiary/aromatic N) is 1. The van der Waals surface area contributed by atoms with Crippen LogP contribution in [0.25, 0.3) is 21.5 Å². The smallest absolute Gasteiger partial charge is 0.0679 e. The van der Waals surface area contributed by atoms with E-state index in [0.717, 1.165) is 19.5 Å². The average Bonchev–Trinajstić information content (AvgIpc) is 3.14. The Labute approximate surface area is 159 Å². The molecule has 134 valence electrons. The topological polar surface area (TPSA) is 23.5 Å². The molecule has 0 amide bonds. The van der Waals surface area contributed by atoms with Crippen LogP contribution in [0.3, 0.4) is 0 Å². The second kappa shape index (κ2) is 6.80. The van der Waals surface area contributed by atoms with E-state index in [1.54, 1.807) is 0 Å². The van der Waals surface area contributed by atoms with Crippen molar-refractivity contribution in [1.82, 2.24) is 4.90 Å². The summed E-state index contributed by atoms with van der Waals surface area (Å²) < 4.78 is 0. The number of fused-ring (bicyclic) bond motifs is 2. The number of likely N-dealkylation sites (tertiary alicyclic amines) is 1. The molecule has 2 heteroatoms. The van der Waals surface area contributed by atoms with E-state index in [2.05, 4.69) is 89.8 Å². The Morgan fingerprint density at radius 2 is 1.22 bits per heavy atom. The number of aliphatic hydroxyl groups excluding tert-OH is 1. The normalized spacial score (nSPS) is 17.9. The highest BCUT2D eigenvalue weighted by Crippen LogP contribution is 2.38. The number of hydrogen-bond donors (Lipinski definition) is 1. The van der Waals surface area contributed by atoms with Gasteiger partial charge in [-0.15, -0.1) is 0 Å². The molecule has 1 aliphatic rings. The van der Waals surface area contributed by atoms with Gasteiger partial charge in [-0.05, 0) is 39.1 Å². The second-order valence-electron chi connectivity index (χ2n) is 7.48. The summed E-state index contributed by atoms with van der Waals surface area (Å²) in [6, 6.07) is 30.5. The first kappa shape index (κ1) is 16.5. The molecule has 1 unspecified atom stereocenters. The maximum atomic E-state index is 10.2. The molecule has 1 saturated heterocycles. The number of rotatable bonds is 3. The van der Waals surface area contributed by atoms with Crippen LogP contribution in [-0.4, -0.2) is 29.2 Å². The number of β-amino-alcohol motifs (C(OH)–C–C–N with tert-alkyl or cyclic N) is 1. The Morgan fingerprint density at radius 3 is 1.74 bits per heavy atom. The van der Waals surface area contributed by atoms with Crippen LogP contribution in [0.5, 0.6) is 0 Å². The second-order valence-corrected chi connectivity index (χ2v) is 7.48. The quantitative estimate of drug-likeness (QED) is 0.551. The third kappa shape index (κ3) is 2.91. The molecule has 4 aromatic carbocycles. The van der Waals surface area contributed by atoms with Crippen molar-refractivity contribution in [2.75, 3.05) is 13.1 Å². The molecule has 4 aromatic rings. The lowest BCUT2D eigenvalue weighted by atomic mass is 9.89. The fourth-order valence-electron chi connectivity index (χ4n) is 4.54. The van der Waals surface area contributed by atoms with Crippen molar-refractivity contribution in [2.45, 2.75) is 18.6 Å². The molecule has 5 rings (SSSR count). The molecule has 0 aliphatic carbocycles. The number of aliphatic hydroxyl groups is 1. The summed E-state index contributed by atoms with van der Waals surface area (Å²) in [6.07, 6.45) is 0.601. The van der Waals surface area contributed by atoms with Crippen molar-refractivity contribution in [3.63, 3.8) is 0 Å². The van der Waals surface area contributed by atoms with Crippen LogP contribution < -0.4 is 0 Å². The SMILES string of the molecule is OC1CCN(C(c2cccc3ccccc23)c2cccc3ccccc23)C1. The molecule has 27 heavy (non-hydrogen) atoms. The van der Waals surface area contributed by atoms with Crippen LogP contribution in [0.4, 0.5) is 0 Å². The van der Waals surface area contributed by atoms with E-state index in [1.165, 1.54) is 32.7 Å². The maximum Gasteiger partial charge on any atom is 0.0679 e. The van der Waals surface area contributed by atoms with Crippen LogP contribution in [-0.2, 0) is 0 Å². The highest BCUT2D eigenvalue weighted by molar-refractivity contribution is 5.90. The molecule has 0 spiro atoms. The van der Waals surface area contributed by atoms with Crippen LogP contribution >= 0.6 is 0 Å². The first-order chi connectivity index (χ1) is 13.3. The molecule has 1 fully saturated rings. The summed E-state index contributed by atoms with van der Waals surface area (Å²) in [7, 11) is 0. The molecule has 1 atom stereocenters. The number of benzene rings is 4. The Hall–Kier alpha value is -2.68. The minimum Gasteiger partial charge on any atom is -0.392 e. The highest BCUT2D eigenvalue weighted by atomic mass is 16.3. The first-order valence-corrected chi connectivity index (χ1v) is 9.69. The van der Waals surface area contributed by atoms with Gasteiger partial charge >= 0.3 is 0 Å². The van der Waals surface area contributed by atoms with Gasteiger partial charge in [0.1, 0.15) is 0 Å². The van der Waals surface area contributed by atoms with Crippen molar-refractivity contribution in [3.05, 3.63) is 96.1 Å². The van der Waals surface area contributed by atoms with Gasteiger partial charge in [0, 0.05) is 13.1 Å². The third-order valence-electron chi connectivity index (χ3n) is 5.80. The monoisotopic (exact) mass is 353 g/mol. The van der Waals surface area contributed by atoms with Crippen molar-refractivity contribution in [2.24, 2.45) is 0 Å². The van der Waals surface area contributed by atoms with Crippen LogP contribution in [0.2, 0.25) is 0 Å². The zero-order chi connectivity index (χ0) is 18.2. The van der Waals surface area contributed by atoms with Crippen LogP contribution in [0.1, 0.15) is 23.6 Å². The molecule has 1 aliphatic heterocycles. The van der Waals surface area contributed by atoms with Gasteiger partial charge in [-0.3, -0.25) is 4.90 Å². The Balaban J connectivity index is 1.77. The van der Waals surface area contributed by atoms with Crippen LogP contribution in [0.15, 0.2) is 84.9 Å². The predicted octanol–water partition coefficient (Wildman–Crippen LogP) is 5.15. The van der Waals surface area contributed by atoms with Crippen molar-refractivity contribution >= 4 is 21.5 Å². The van der Waals surface area contributed by atoms with Gasteiger partial charge in [-0.1, -0.05) is 84.9 Å². The lowest BCUT2D eigenvalue weighted by Crippen LogP contribution is -2.28. The van der Waals surface area contributed by atoms with Gasteiger partial charge < -0.3 is 5.11 Å². The largest absolute Gasteiger partial charge is 0.392 e. The summed E-state index contributed by atoms with van der Waals surface area (Å²) in [6.45, 7) is 1.63. The maximum absolute atomic E-state index is 10.2. The molecule has 0 saturated carbocycles. The summed E-state index contributed by atoms with van der Waals surface area (Å²) >= 11 is 0. The van der Waals surface area contributed by atoms with Gasteiger partial charge in [0.2, 0.25) is 0 Å². The average molecular weight is 353 g/mol. The van der Waals surface area contributed by atoms with Crippen molar-refractivity contribution in [1.29, 1.82) is 0 Å². The van der Waals surface area contributed by atoms with Crippen LogP contribution in [0, 0.1) is 0 Å². The zero-order valence-corrected chi connectivity index (χ0v) is 15.3. The van der Waals surface area contributed by atoms with E-state index in [-0.39, 0.29) is 12.1 Å². The molecular weight excluding hydrogens is 330 g/mol. The summed E-state index contributed by atoms with van der Waals surface area (Å²) in [5, 5.41) is 15.3.